The van der Waals surface area contributed by atoms with Gasteiger partial charge < -0.3 is 0 Å². The van der Waals surface area contributed by atoms with E-state index in [0.29, 0.717) is 33.0 Å². The molecule has 1 aliphatic rings. The fraction of sp³-hybridized carbons (Fsp3) is 0.100. The molecule has 0 aliphatic carbocycles. The van der Waals surface area contributed by atoms with Crippen molar-refractivity contribution in [2.24, 2.45) is 0 Å². The van der Waals surface area contributed by atoms with Crippen LogP contribution in [0.5, 0.6) is 0 Å². The Morgan fingerprint density at radius 3 is 2.46 bits per heavy atom. The molecule has 1 heterocycles. The molecule has 0 unspecified atom stereocenters. The van der Waals surface area contributed by atoms with E-state index in [1.54, 1.807) is 35.3 Å². The van der Waals surface area contributed by atoms with Crippen LogP contribution >= 0.6 is 35.4 Å². The minimum Gasteiger partial charge on any atom is -0.282 e. The van der Waals surface area contributed by atoms with E-state index in [4.69, 9.17) is 35.4 Å². The zero-order chi connectivity index (χ0) is 18.8. The Balaban J connectivity index is 2.12. The first-order valence-electron chi connectivity index (χ1n) is 7.92. The summed E-state index contributed by atoms with van der Waals surface area (Å²) in [7, 11) is 0. The Kier molecular flexibility index (Phi) is 5.47. The van der Waals surface area contributed by atoms with Gasteiger partial charge in [0.1, 0.15) is 5.70 Å². The van der Waals surface area contributed by atoms with Gasteiger partial charge in [-0.15, -0.1) is 6.58 Å². The number of aryl methyl sites for hydroxylation is 1. The van der Waals surface area contributed by atoms with Crippen LogP contribution in [0, 0.1) is 6.92 Å². The van der Waals surface area contributed by atoms with E-state index in [9.17, 15) is 4.79 Å². The maximum Gasteiger partial charge on any atom is 0.277 e. The molecule has 26 heavy (non-hydrogen) atoms. The van der Waals surface area contributed by atoms with Crippen molar-refractivity contribution in [2.75, 3.05) is 11.4 Å². The van der Waals surface area contributed by atoms with E-state index in [1.807, 2.05) is 31.2 Å². The van der Waals surface area contributed by atoms with Gasteiger partial charge >= 0.3 is 0 Å². The number of hydrogen-bond donors (Lipinski definition) is 0. The lowest BCUT2D eigenvalue weighted by Gasteiger charge is -2.20. The topological polar surface area (TPSA) is 23.6 Å². The second kappa shape index (κ2) is 7.62. The number of anilines is 1. The van der Waals surface area contributed by atoms with Gasteiger partial charge in [-0.3, -0.25) is 14.6 Å². The van der Waals surface area contributed by atoms with E-state index in [1.165, 1.54) is 4.90 Å². The van der Waals surface area contributed by atoms with Crippen LogP contribution in [-0.4, -0.2) is 22.5 Å². The molecule has 0 aromatic heterocycles. The number of nitrogens with zero attached hydrogens (tertiary/aromatic N) is 2. The van der Waals surface area contributed by atoms with Crippen molar-refractivity contribution in [3.63, 3.8) is 0 Å². The maximum atomic E-state index is 13.0. The normalized spacial score (nSPS) is 15.9. The first-order valence-corrected chi connectivity index (χ1v) is 9.09. The molecule has 3 rings (SSSR count). The summed E-state index contributed by atoms with van der Waals surface area (Å²) in [6, 6.07) is 13.0. The molecule has 0 saturated carbocycles. The molecule has 1 saturated heterocycles. The van der Waals surface area contributed by atoms with Crippen molar-refractivity contribution in [2.45, 2.75) is 6.92 Å². The highest BCUT2D eigenvalue weighted by molar-refractivity contribution is 7.80. The van der Waals surface area contributed by atoms with Gasteiger partial charge in [-0.05, 0) is 55.0 Å². The van der Waals surface area contributed by atoms with Gasteiger partial charge in [-0.2, -0.15) is 0 Å². The molecule has 1 fully saturated rings. The number of rotatable bonds is 4. The third kappa shape index (κ3) is 3.54. The summed E-state index contributed by atoms with van der Waals surface area (Å²) in [4.78, 5) is 16.2. The Labute approximate surface area is 168 Å². The van der Waals surface area contributed by atoms with E-state index < -0.39 is 0 Å². The van der Waals surface area contributed by atoms with Gasteiger partial charge in [0, 0.05) is 22.3 Å². The summed E-state index contributed by atoms with van der Waals surface area (Å²) in [6.07, 6.45) is 3.38. The lowest BCUT2D eigenvalue weighted by atomic mass is 10.1. The van der Waals surface area contributed by atoms with Gasteiger partial charge in [0.25, 0.3) is 5.91 Å². The van der Waals surface area contributed by atoms with Gasteiger partial charge in [0.05, 0.1) is 0 Å². The van der Waals surface area contributed by atoms with Crippen molar-refractivity contribution in [3.05, 3.63) is 82.0 Å². The minimum absolute atomic E-state index is 0.193. The summed E-state index contributed by atoms with van der Waals surface area (Å²) in [5.41, 5.74) is 3.07. The number of benzene rings is 2. The largest absolute Gasteiger partial charge is 0.282 e. The smallest absolute Gasteiger partial charge is 0.277 e. The summed E-state index contributed by atoms with van der Waals surface area (Å²) >= 11 is 17.8. The lowest BCUT2D eigenvalue weighted by Crippen LogP contribution is -2.32. The second-order valence-electron chi connectivity index (χ2n) is 5.85. The average Bonchev–Trinajstić information content (AvgIpc) is 2.83. The van der Waals surface area contributed by atoms with Crippen LogP contribution in [0.25, 0.3) is 6.08 Å². The van der Waals surface area contributed by atoms with Crippen LogP contribution < -0.4 is 4.90 Å². The molecule has 3 nitrogen and oxygen atoms in total. The lowest BCUT2D eigenvalue weighted by molar-refractivity contribution is -0.121. The Bertz CT molecular complexity index is 922. The monoisotopic (exact) mass is 402 g/mol. The van der Waals surface area contributed by atoms with Crippen LogP contribution in [0.2, 0.25) is 10.0 Å². The SMILES string of the molecule is C=CCN1C(=O)C(=Cc2ccc(Cl)cc2Cl)N(c2ccc(C)cc2)C1=S. The fourth-order valence-corrected chi connectivity index (χ4v) is 3.49. The predicted molar refractivity (Wildman–Crippen MR) is 113 cm³/mol. The number of amides is 1. The molecule has 0 N–H and O–H groups in total. The Hall–Kier alpha value is -2.14. The second-order valence-corrected chi connectivity index (χ2v) is 7.06. The standard InChI is InChI=1S/C20H16Cl2N2OS/c1-3-10-23-19(25)18(11-14-6-7-15(21)12-17(14)22)24(20(23)26)16-8-4-13(2)5-9-16/h3-9,11-12H,1,10H2,2H3. The summed E-state index contributed by atoms with van der Waals surface area (Å²) in [6.45, 7) is 6.05. The van der Waals surface area contributed by atoms with E-state index in [-0.39, 0.29) is 5.91 Å². The molecule has 0 atom stereocenters. The molecule has 1 aliphatic heterocycles. The molecule has 0 bridgehead atoms. The average molecular weight is 403 g/mol. The Morgan fingerprint density at radius 1 is 1.15 bits per heavy atom. The molecule has 0 radical (unpaired) electrons. The Morgan fingerprint density at radius 2 is 1.85 bits per heavy atom. The molecular formula is C20H16Cl2N2OS. The quantitative estimate of drug-likeness (QED) is 0.385. The first-order chi connectivity index (χ1) is 12.4. The third-order valence-corrected chi connectivity index (χ3v) is 4.95. The van der Waals surface area contributed by atoms with Crippen LogP contribution in [0.3, 0.4) is 0 Å². The summed E-state index contributed by atoms with van der Waals surface area (Å²) < 4.78 is 0. The zero-order valence-corrected chi connectivity index (χ0v) is 16.4. The number of carbonyl (C=O) groups excluding carboxylic acids is 1. The summed E-state index contributed by atoms with van der Waals surface area (Å²) in [5.74, 6) is -0.193. The van der Waals surface area contributed by atoms with E-state index in [0.717, 1.165) is 11.3 Å². The number of halogens is 2. The molecule has 0 spiro atoms. The van der Waals surface area contributed by atoms with Gasteiger partial charge in [-0.25, -0.2) is 0 Å². The van der Waals surface area contributed by atoms with Crippen molar-refractivity contribution >= 4 is 58.2 Å². The van der Waals surface area contributed by atoms with E-state index in [2.05, 4.69) is 6.58 Å². The van der Waals surface area contributed by atoms with Gasteiger partial charge in [0.15, 0.2) is 5.11 Å². The highest BCUT2D eigenvalue weighted by Gasteiger charge is 2.38. The van der Waals surface area contributed by atoms with Crippen molar-refractivity contribution in [1.29, 1.82) is 0 Å². The highest BCUT2D eigenvalue weighted by Crippen LogP contribution is 2.32. The molecular weight excluding hydrogens is 387 g/mol. The minimum atomic E-state index is -0.193. The van der Waals surface area contributed by atoms with Gasteiger partial charge in [0.2, 0.25) is 0 Å². The molecule has 6 heteroatoms. The first kappa shape index (κ1) is 18.6. The third-order valence-electron chi connectivity index (χ3n) is 3.99. The van der Waals surface area contributed by atoms with Crippen LogP contribution in [-0.2, 0) is 4.79 Å². The number of carbonyl (C=O) groups is 1. The highest BCUT2D eigenvalue weighted by atomic mass is 35.5. The van der Waals surface area contributed by atoms with Crippen molar-refractivity contribution < 1.29 is 4.79 Å². The number of hydrogen-bond acceptors (Lipinski definition) is 2. The van der Waals surface area contributed by atoms with Crippen LogP contribution in [0.4, 0.5) is 5.69 Å². The molecule has 2 aromatic carbocycles. The van der Waals surface area contributed by atoms with Crippen LogP contribution in [0.1, 0.15) is 11.1 Å². The molecule has 2 aromatic rings. The fourth-order valence-electron chi connectivity index (χ4n) is 2.67. The zero-order valence-electron chi connectivity index (χ0n) is 14.1. The van der Waals surface area contributed by atoms with Gasteiger partial charge in [-0.1, -0.05) is 53.0 Å². The maximum absolute atomic E-state index is 13.0. The predicted octanol–water partition coefficient (Wildman–Crippen LogP) is 5.46. The molecule has 132 valence electrons. The van der Waals surface area contributed by atoms with Crippen LogP contribution in [0.15, 0.2) is 60.8 Å². The molecule has 1 amide bonds. The van der Waals surface area contributed by atoms with Crippen molar-refractivity contribution in [1.82, 2.24) is 4.90 Å². The number of thiocarbonyl (C=S) groups is 1. The summed E-state index contributed by atoms with van der Waals surface area (Å²) in [5, 5.41) is 1.42. The van der Waals surface area contributed by atoms with E-state index >= 15 is 0 Å². The van der Waals surface area contributed by atoms with Crippen molar-refractivity contribution in [3.8, 4) is 0 Å².